The quantitative estimate of drug-likeness (QED) is 0.778. The molecule has 0 aromatic heterocycles. The van der Waals surface area contributed by atoms with Crippen LogP contribution in [0.15, 0.2) is 53.4 Å². The maximum atomic E-state index is 12.9. The second-order valence-electron chi connectivity index (χ2n) is 6.71. The van der Waals surface area contributed by atoms with Crippen molar-refractivity contribution in [1.82, 2.24) is 4.90 Å². The summed E-state index contributed by atoms with van der Waals surface area (Å²) < 4.78 is 0. The average Bonchev–Trinajstić information content (AvgIpc) is 3.11. The summed E-state index contributed by atoms with van der Waals surface area (Å²) in [7, 11) is 1.81. The van der Waals surface area contributed by atoms with Crippen LogP contribution in [0.1, 0.15) is 12.5 Å². The minimum Gasteiger partial charge on any atom is -0.324 e. The van der Waals surface area contributed by atoms with E-state index in [2.05, 4.69) is 11.4 Å². The standard InChI is InChI=1S/C21H25N3O2S/c1-15(21(26)24-13-12-16-8-4-6-10-18(16)24)23(2)14-20(25)22-17-9-5-7-11-19(17)27-3/h4-11,15H,12-14H2,1-3H3,(H,22,25)/t15-/m0/s1. The first-order chi connectivity index (χ1) is 13.0. The van der Waals surface area contributed by atoms with Gasteiger partial charge in [0, 0.05) is 17.1 Å². The molecule has 0 bridgehead atoms. The number of amides is 2. The largest absolute Gasteiger partial charge is 0.324 e. The summed E-state index contributed by atoms with van der Waals surface area (Å²) in [6, 6.07) is 15.3. The van der Waals surface area contributed by atoms with Crippen molar-refractivity contribution in [2.45, 2.75) is 24.3 Å². The Bertz CT molecular complexity index is 840. The summed E-state index contributed by atoms with van der Waals surface area (Å²) >= 11 is 1.59. The molecule has 5 nitrogen and oxygen atoms in total. The number of hydrogen-bond acceptors (Lipinski definition) is 4. The van der Waals surface area contributed by atoms with E-state index in [1.54, 1.807) is 16.7 Å². The first-order valence-corrected chi connectivity index (χ1v) is 10.3. The van der Waals surface area contributed by atoms with Crippen LogP contribution in [0.3, 0.4) is 0 Å². The minimum atomic E-state index is -0.377. The number of nitrogens with one attached hydrogen (secondary N) is 1. The Balaban J connectivity index is 1.61. The van der Waals surface area contributed by atoms with Crippen LogP contribution in [-0.2, 0) is 16.0 Å². The minimum absolute atomic E-state index is 0.0276. The van der Waals surface area contributed by atoms with E-state index in [1.165, 1.54) is 5.56 Å². The van der Waals surface area contributed by atoms with Crippen LogP contribution in [-0.4, -0.2) is 49.1 Å². The van der Waals surface area contributed by atoms with Crippen LogP contribution in [0.2, 0.25) is 0 Å². The van der Waals surface area contributed by atoms with Gasteiger partial charge < -0.3 is 10.2 Å². The fourth-order valence-corrected chi connectivity index (χ4v) is 3.84. The molecule has 2 aromatic rings. The van der Waals surface area contributed by atoms with Crippen molar-refractivity contribution in [2.75, 3.05) is 36.6 Å². The maximum Gasteiger partial charge on any atom is 0.244 e. The van der Waals surface area contributed by atoms with Crippen molar-refractivity contribution >= 4 is 35.0 Å². The van der Waals surface area contributed by atoms with Gasteiger partial charge in [0.25, 0.3) is 0 Å². The zero-order valence-corrected chi connectivity index (χ0v) is 16.8. The van der Waals surface area contributed by atoms with Crippen molar-refractivity contribution in [2.24, 2.45) is 0 Å². The molecule has 1 heterocycles. The van der Waals surface area contributed by atoms with E-state index in [4.69, 9.17) is 0 Å². The maximum absolute atomic E-state index is 12.9. The monoisotopic (exact) mass is 383 g/mol. The molecule has 0 spiro atoms. The molecule has 27 heavy (non-hydrogen) atoms. The summed E-state index contributed by atoms with van der Waals surface area (Å²) in [5, 5.41) is 2.94. The molecular formula is C21H25N3O2S. The van der Waals surface area contributed by atoms with Crippen molar-refractivity contribution in [3.8, 4) is 0 Å². The number of hydrogen-bond donors (Lipinski definition) is 1. The van der Waals surface area contributed by atoms with E-state index < -0.39 is 0 Å². The van der Waals surface area contributed by atoms with E-state index in [0.717, 1.165) is 22.7 Å². The molecule has 0 aliphatic carbocycles. The number of likely N-dealkylation sites (N-methyl/N-ethyl adjacent to an activating group) is 1. The molecule has 0 unspecified atom stereocenters. The third kappa shape index (κ3) is 4.34. The lowest BCUT2D eigenvalue weighted by Gasteiger charge is -2.28. The van der Waals surface area contributed by atoms with Gasteiger partial charge in [-0.3, -0.25) is 14.5 Å². The Hall–Kier alpha value is -2.31. The van der Waals surface area contributed by atoms with Crippen molar-refractivity contribution < 1.29 is 9.59 Å². The molecule has 2 aromatic carbocycles. The van der Waals surface area contributed by atoms with Gasteiger partial charge in [-0.25, -0.2) is 0 Å². The lowest BCUT2D eigenvalue weighted by Crippen LogP contribution is -2.47. The number of anilines is 2. The summed E-state index contributed by atoms with van der Waals surface area (Å²) in [6.45, 7) is 2.71. The molecule has 142 valence electrons. The predicted molar refractivity (Wildman–Crippen MR) is 111 cm³/mol. The SMILES string of the molecule is CSc1ccccc1NC(=O)CN(C)[C@@H](C)C(=O)N1CCc2ccccc21. The molecule has 1 aliphatic rings. The lowest BCUT2D eigenvalue weighted by molar-refractivity contribution is -0.124. The normalized spacial score (nSPS) is 14.1. The molecule has 1 N–H and O–H groups in total. The molecule has 0 saturated carbocycles. The van der Waals surface area contributed by atoms with Crippen molar-refractivity contribution in [3.63, 3.8) is 0 Å². The number of benzene rings is 2. The fourth-order valence-electron chi connectivity index (χ4n) is 3.28. The second kappa shape index (κ2) is 8.59. The zero-order valence-electron chi connectivity index (χ0n) is 15.9. The zero-order chi connectivity index (χ0) is 19.4. The number of fused-ring (bicyclic) bond motifs is 1. The molecule has 0 radical (unpaired) electrons. The highest BCUT2D eigenvalue weighted by atomic mass is 32.2. The van der Waals surface area contributed by atoms with Gasteiger partial charge >= 0.3 is 0 Å². The van der Waals surface area contributed by atoms with E-state index in [9.17, 15) is 9.59 Å². The van der Waals surface area contributed by atoms with Crippen LogP contribution >= 0.6 is 11.8 Å². The van der Waals surface area contributed by atoms with Crippen molar-refractivity contribution in [1.29, 1.82) is 0 Å². The summed E-state index contributed by atoms with van der Waals surface area (Å²) in [5.41, 5.74) is 2.99. The highest BCUT2D eigenvalue weighted by Gasteiger charge is 2.30. The highest BCUT2D eigenvalue weighted by molar-refractivity contribution is 7.98. The molecule has 6 heteroatoms. The Morgan fingerprint density at radius 3 is 2.67 bits per heavy atom. The van der Waals surface area contributed by atoms with Crippen LogP contribution in [0.5, 0.6) is 0 Å². The Morgan fingerprint density at radius 2 is 1.89 bits per heavy atom. The second-order valence-corrected chi connectivity index (χ2v) is 7.56. The van der Waals surface area contributed by atoms with Gasteiger partial charge in [0.05, 0.1) is 18.3 Å². The van der Waals surface area contributed by atoms with Gasteiger partial charge in [0.15, 0.2) is 0 Å². The van der Waals surface area contributed by atoms with Gasteiger partial charge in [-0.1, -0.05) is 30.3 Å². The number of rotatable bonds is 6. The van der Waals surface area contributed by atoms with Crippen LogP contribution in [0.25, 0.3) is 0 Å². The van der Waals surface area contributed by atoms with Gasteiger partial charge in [-0.05, 0) is 50.4 Å². The third-order valence-corrected chi connectivity index (χ3v) is 5.74. The van der Waals surface area contributed by atoms with Gasteiger partial charge in [-0.15, -0.1) is 11.8 Å². The molecule has 0 saturated heterocycles. The van der Waals surface area contributed by atoms with Crippen molar-refractivity contribution in [3.05, 3.63) is 54.1 Å². The summed E-state index contributed by atoms with van der Waals surface area (Å²) in [5.74, 6) is -0.0970. The Labute approximate surface area is 164 Å². The molecular weight excluding hydrogens is 358 g/mol. The van der Waals surface area contributed by atoms with E-state index in [1.807, 2.05) is 67.6 Å². The number of carbonyl (C=O) groups excluding carboxylic acids is 2. The smallest absolute Gasteiger partial charge is 0.244 e. The molecule has 1 atom stereocenters. The predicted octanol–water partition coefficient (Wildman–Crippen LogP) is 3.26. The topological polar surface area (TPSA) is 52.7 Å². The van der Waals surface area contributed by atoms with Crippen LogP contribution in [0.4, 0.5) is 11.4 Å². The lowest BCUT2D eigenvalue weighted by atomic mass is 10.2. The fraction of sp³-hybridized carbons (Fsp3) is 0.333. The Kier molecular flexibility index (Phi) is 6.19. The third-order valence-electron chi connectivity index (χ3n) is 4.95. The number of carbonyl (C=O) groups is 2. The summed E-state index contributed by atoms with van der Waals surface area (Å²) in [4.78, 5) is 30.0. The van der Waals surface area contributed by atoms with E-state index >= 15 is 0 Å². The van der Waals surface area contributed by atoms with Gasteiger partial charge in [0.1, 0.15) is 0 Å². The highest BCUT2D eigenvalue weighted by Crippen LogP contribution is 2.28. The first kappa shape index (κ1) is 19.5. The van der Waals surface area contributed by atoms with Crippen LogP contribution in [0, 0.1) is 0 Å². The number of thioether (sulfide) groups is 1. The molecule has 3 rings (SSSR count). The van der Waals surface area contributed by atoms with Gasteiger partial charge in [0.2, 0.25) is 11.8 Å². The summed E-state index contributed by atoms with van der Waals surface area (Å²) in [6.07, 6.45) is 2.86. The number of nitrogens with zero attached hydrogens (tertiary/aromatic N) is 2. The van der Waals surface area contributed by atoms with E-state index in [0.29, 0.717) is 6.54 Å². The molecule has 1 aliphatic heterocycles. The Morgan fingerprint density at radius 1 is 1.19 bits per heavy atom. The van der Waals surface area contributed by atoms with E-state index in [-0.39, 0.29) is 24.4 Å². The first-order valence-electron chi connectivity index (χ1n) is 9.03. The molecule has 2 amide bonds. The number of para-hydroxylation sites is 2. The average molecular weight is 384 g/mol. The molecule has 0 fully saturated rings. The van der Waals surface area contributed by atoms with Gasteiger partial charge in [-0.2, -0.15) is 0 Å². The van der Waals surface area contributed by atoms with Crippen LogP contribution < -0.4 is 10.2 Å².